The first-order chi connectivity index (χ1) is 19.3. The zero-order valence-corrected chi connectivity index (χ0v) is 21.4. The van der Waals surface area contributed by atoms with Gasteiger partial charge in [0.15, 0.2) is 25.2 Å². The van der Waals surface area contributed by atoms with Crippen molar-refractivity contribution in [2.24, 2.45) is 0 Å². The Morgan fingerprint density at radius 3 is 1.73 bits per heavy atom. The van der Waals surface area contributed by atoms with Gasteiger partial charge in [-0.1, -0.05) is 0 Å². The van der Waals surface area contributed by atoms with Gasteiger partial charge in [0.05, 0.1) is 26.4 Å². The minimum absolute atomic E-state index is 0.412. The van der Waals surface area contributed by atoms with E-state index in [4.69, 9.17) is 33.2 Å². The maximum Gasteiger partial charge on any atom is 0.187 e. The zero-order valence-electron chi connectivity index (χ0n) is 21.4. The molecule has 4 aliphatic rings. The van der Waals surface area contributed by atoms with Gasteiger partial charge in [0.25, 0.3) is 0 Å². The minimum atomic E-state index is -1.96. The largest absolute Gasteiger partial charge is 0.394 e. The molecule has 0 saturated carbocycles. The van der Waals surface area contributed by atoms with Crippen molar-refractivity contribution in [3.8, 4) is 0 Å². The van der Waals surface area contributed by atoms with Gasteiger partial charge in [0, 0.05) is 0 Å². The lowest BCUT2D eigenvalue weighted by Crippen LogP contribution is -2.64. The summed E-state index contributed by atoms with van der Waals surface area (Å²) in [5, 5.41) is 121. The number of hydrogen-bond acceptors (Lipinski definition) is 19. The average molecular weight is 607 g/mol. The molecule has 0 aromatic rings. The standard InChI is InChI=1S/C22H38O19/c23-1-7-11(28)13(30)16(33)21(39-7)40-17-14(31)12(29)8(38-19(17)34)4-37-22-18(10(27)6(25)3-36-22)41-20-15(32)9(26)5(24)2-35-20/h5-34H,1-4H2/t5-,6-,7+,8+,9-,10-,11+,12+,13-,14-,15+,16+,17+,18+,19+,20-,21-,22-/m0/s1. The molecule has 0 aromatic carbocycles. The van der Waals surface area contributed by atoms with Crippen molar-refractivity contribution >= 4 is 0 Å². The molecule has 18 atom stereocenters. The number of aliphatic hydroxyl groups is 12. The first-order valence-electron chi connectivity index (χ1n) is 12.9. The van der Waals surface area contributed by atoms with E-state index < -0.39 is 137 Å². The highest BCUT2D eigenvalue weighted by Crippen LogP contribution is 2.30. The van der Waals surface area contributed by atoms with Crippen LogP contribution < -0.4 is 0 Å². The van der Waals surface area contributed by atoms with E-state index in [1.165, 1.54) is 0 Å². The van der Waals surface area contributed by atoms with Crippen molar-refractivity contribution in [3.63, 3.8) is 0 Å². The number of ether oxygens (including phenoxy) is 7. The lowest BCUT2D eigenvalue weighted by Gasteiger charge is -2.45. The Labute approximate surface area is 232 Å². The van der Waals surface area contributed by atoms with Gasteiger partial charge in [-0.3, -0.25) is 0 Å². The Morgan fingerprint density at radius 2 is 1.07 bits per heavy atom. The van der Waals surface area contributed by atoms with Crippen LogP contribution in [0.15, 0.2) is 0 Å². The molecule has 0 bridgehead atoms. The summed E-state index contributed by atoms with van der Waals surface area (Å²) in [5.74, 6) is 0. The van der Waals surface area contributed by atoms with E-state index >= 15 is 0 Å². The normalized spacial score (nSPS) is 53.3. The summed E-state index contributed by atoms with van der Waals surface area (Å²) in [6.45, 7) is -2.20. The molecule has 4 saturated heterocycles. The van der Waals surface area contributed by atoms with Crippen LogP contribution in [0.3, 0.4) is 0 Å². The van der Waals surface area contributed by atoms with Crippen molar-refractivity contribution < 1.29 is 94.4 Å². The second kappa shape index (κ2) is 13.9. The molecule has 0 unspecified atom stereocenters. The Kier molecular flexibility index (Phi) is 11.2. The molecule has 0 aromatic heterocycles. The van der Waals surface area contributed by atoms with E-state index in [0.717, 1.165) is 0 Å². The summed E-state index contributed by atoms with van der Waals surface area (Å²) >= 11 is 0. The van der Waals surface area contributed by atoms with Crippen LogP contribution in [0, 0.1) is 0 Å². The first-order valence-corrected chi connectivity index (χ1v) is 12.9. The Balaban J connectivity index is 1.36. The van der Waals surface area contributed by atoms with E-state index in [2.05, 4.69) is 0 Å². The van der Waals surface area contributed by atoms with E-state index in [-0.39, 0.29) is 0 Å². The van der Waals surface area contributed by atoms with Crippen LogP contribution in [-0.4, -0.2) is 198 Å². The Morgan fingerprint density at radius 1 is 0.512 bits per heavy atom. The van der Waals surface area contributed by atoms with Gasteiger partial charge in [0.1, 0.15) is 85.5 Å². The number of hydrogen-bond donors (Lipinski definition) is 12. The summed E-state index contributed by atoms with van der Waals surface area (Å²) in [5.41, 5.74) is 0. The molecule has 41 heavy (non-hydrogen) atoms. The lowest BCUT2D eigenvalue weighted by atomic mass is 9.97. The fourth-order valence-electron chi connectivity index (χ4n) is 4.84. The van der Waals surface area contributed by atoms with Gasteiger partial charge >= 0.3 is 0 Å². The summed E-state index contributed by atoms with van der Waals surface area (Å²) in [4.78, 5) is 0. The predicted octanol–water partition coefficient (Wildman–Crippen LogP) is -8.47. The Hall–Kier alpha value is -0.760. The summed E-state index contributed by atoms with van der Waals surface area (Å²) < 4.78 is 37.3. The smallest absolute Gasteiger partial charge is 0.187 e. The monoisotopic (exact) mass is 606 g/mol. The lowest BCUT2D eigenvalue weighted by molar-refractivity contribution is -0.369. The highest BCUT2D eigenvalue weighted by Gasteiger charge is 2.51. The van der Waals surface area contributed by atoms with Crippen molar-refractivity contribution in [2.75, 3.05) is 26.4 Å². The quantitative estimate of drug-likeness (QED) is 0.122. The van der Waals surface area contributed by atoms with Crippen LogP contribution in [0.25, 0.3) is 0 Å². The third-order valence-corrected chi connectivity index (χ3v) is 7.40. The van der Waals surface area contributed by atoms with Gasteiger partial charge < -0.3 is 94.4 Å². The maximum absolute atomic E-state index is 10.6. The molecule has 240 valence electrons. The number of aliphatic hydroxyl groups excluding tert-OH is 12. The highest BCUT2D eigenvalue weighted by atomic mass is 16.8. The van der Waals surface area contributed by atoms with Crippen LogP contribution in [-0.2, 0) is 33.2 Å². The molecule has 19 heteroatoms. The average Bonchev–Trinajstić information content (AvgIpc) is 2.95. The van der Waals surface area contributed by atoms with Crippen LogP contribution >= 0.6 is 0 Å². The molecular formula is C22H38O19. The summed E-state index contributed by atoms with van der Waals surface area (Å²) in [6, 6.07) is 0. The van der Waals surface area contributed by atoms with Crippen molar-refractivity contribution in [2.45, 2.75) is 111 Å². The maximum atomic E-state index is 10.6. The van der Waals surface area contributed by atoms with Crippen LogP contribution in [0.1, 0.15) is 0 Å². The van der Waals surface area contributed by atoms with E-state index in [1.807, 2.05) is 0 Å². The van der Waals surface area contributed by atoms with Gasteiger partial charge in [-0.2, -0.15) is 0 Å². The highest BCUT2D eigenvalue weighted by molar-refractivity contribution is 4.94. The van der Waals surface area contributed by atoms with Crippen molar-refractivity contribution in [3.05, 3.63) is 0 Å². The summed E-state index contributed by atoms with van der Waals surface area (Å²) in [7, 11) is 0. The van der Waals surface area contributed by atoms with Gasteiger partial charge in [-0.25, -0.2) is 0 Å². The van der Waals surface area contributed by atoms with Crippen LogP contribution in [0.4, 0.5) is 0 Å². The molecule has 0 radical (unpaired) electrons. The molecule has 4 heterocycles. The minimum Gasteiger partial charge on any atom is -0.394 e. The third-order valence-electron chi connectivity index (χ3n) is 7.40. The van der Waals surface area contributed by atoms with Crippen LogP contribution in [0.5, 0.6) is 0 Å². The van der Waals surface area contributed by atoms with Gasteiger partial charge in [-0.05, 0) is 0 Å². The second-order valence-corrected chi connectivity index (χ2v) is 10.3. The SMILES string of the molecule is OC[C@H]1O[C@@H](O[C@@H]2[C@@H](O)[C@H](O)[C@@H](CO[C@@H]3OC[C@H](O)[C@H](O)[C@H]3O[C@@H]3OC[C@H](O)[C@H](O)[C@H]3O)O[C@H]2O)[C@H](O)[C@@H](O)[C@@H]1O. The number of rotatable bonds is 8. The second-order valence-electron chi connectivity index (χ2n) is 10.3. The van der Waals surface area contributed by atoms with Gasteiger partial charge in [0.2, 0.25) is 0 Å². The molecule has 0 amide bonds. The molecule has 4 rings (SSSR count). The fraction of sp³-hybridized carbons (Fsp3) is 1.00. The van der Waals surface area contributed by atoms with Crippen molar-refractivity contribution in [1.29, 1.82) is 0 Å². The Bertz CT molecular complexity index is 822. The van der Waals surface area contributed by atoms with E-state index in [9.17, 15) is 61.3 Å². The van der Waals surface area contributed by atoms with Crippen molar-refractivity contribution in [1.82, 2.24) is 0 Å². The molecule has 4 aliphatic heterocycles. The fourth-order valence-corrected chi connectivity index (χ4v) is 4.84. The molecular weight excluding hydrogens is 568 g/mol. The predicted molar refractivity (Wildman–Crippen MR) is 122 cm³/mol. The molecule has 4 fully saturated rings. The molecule has 19 nitrogen and oxygen atoms in total. The van der Waals surface area contributed by atoms with E-state index in [1.54, 1.807) is 0 Å². The molecule has 0 aliphatic carbocycles. The van der Waals surface area contributed by atoms with Gasteiger partial charge in [-0.15, -0.1) is 0 Å². The summed E-state index contributed by atoms with van der Waals surface area (Å²) in [6.07, 6.45) is -29.7. The first kappa shape index (κ1) is 33.1. The zero-order chi connectivity index (χ0) is 30.2. The van der Waals surface area contributed by atoms with E-state index in [0.29, 0.717) is 0 Å². The topological polar surface area (TPSA) is 307 Å². The third kappa shape index (κ3) is 6.99. The van der Waals surface area contributed by atoms with Crippen LogP contribution in [0.2, 0.25) is 0 Å². The molecule has 12 N–H and O–H groups in total. The molecule has 0 spiro atoms.